The normalized spacial score (nSPS) is 14.2. The summed E-state index contributed by atoms with van der Waals surface area (Å²) in [5, 5.41) is 7.83. The Kier molecular flexibility index (Phi) is 9.82. The molecule has 0 spiro atoms. The fourth-order valence-corrected chi connectivity index (χ4v) is 5.18. The molecule has 3 atom stereocenters. The van der Waals surface area contributed by atoms with Gasteiger partial charge in [-0.25, -0.2) is 18.4 Å². The third kappa shape index (κ3) is 6.56. The van der Waals surface area contributed by atoms with Crippen molar-refractivity contribution in [3.63, 3.8) is 0 Å². The van der Waals surface area contributed by atoms with Crippen LogP contribution in [0.15, 0.2) is 30.6 Å². The van der Waals surface area contributed by atoms with Crippen molar-refractivity contribution in [2.24, 2.45) is 0 Å². The average Bonchev–Trinajstić information content (AvgIpc) is 3.28. The summed E-state index contributed by atoms with van der Waals surface area (Å²) < 4.78 is 51.4. The fourth-order valence-electron chi connectivity index (χ4n) is 3.66. The molecule has 0 aliphatic carbocycles. The molecule has 37 heavy (non-hydrogen) atoms. The molecular weight excluding hydrogens is 522 g/mol. The first-order valence-electron chi connectivity index (χ1n) is 11.6. The zero-order chi connectivity index (χ0) is 27.2. The minimum atomic E-state index is -3.86. The molecule has 3 aromatic rings. The van der Waals surface area contributed by atoms with Crippen molar-refractivity contribution in [2.45, 2.75) is 57.0 Å². The summed E-state index contributed by atoms with van der Waals surface area (Å²) in [5.41, 5.74) is 0.474. The Labute approximate surface area is 222 Å². The van der Waals surface area contributed by atoms with Crippen molar-refractivity contribution in [1.82, 2.24) is 24.7 Å². The van der Waals surface area contributed by atoms with Crippen molar-refractivity contribution < 1.29 is 27.4 Å². The van der Waals surface area contributed by atoms with Crippen LogP contribution in [0.2, 0.25) is 5.02 Å². The predicted octanol–water partition coefficient (Wildman–Crippen LogP) is 3.73. The maximum atomic E-state index is 13.6. The van der Waals surface area contributed by atoms with E-state index in [-0.39, 0.29) is 24.4 Å². The summed E-state index contributed by atoms with van der Waals surface area (Å²) in [5.74, 6) is 1.26. The van der Waals surface area contributed by atoms with Crippen LogP contribution < -0.4 is 9.47 Å². The Hall–Kier alpha value is -2.80. The quantitative estimate of drug-likeness (QED) is 0.309. The molecule has 0 unspecified atom stereocenters. The van der Waals surface area contributed by atoms with Crippen molar-refractivity contribution >= 4 is 21.4 Å². The van der Waals surface area contributed by atoms with Gasteiger partial charge in [0.1, 0.15) is 35.7 Å². The third-order valence-electron chi connectivity index (χ3n) is 5.97. The van der Waals surface area contributed by atoms with Crippen molar-refractivity contribution in [3.8, 4) is 17.2 Å². The first kappa shape index (κ1) is 28.8. The number of benzene rings is 1. The Balaban J connectivity index is 2.06. The number of para-hydroxylation sites is 1. The molecule has 0 aliphatic rings. The number of sulfone groups is 1. The van der Waals surface area contributed by atoms with E-state index in [9.17, 15) is 8.42 Å². The number of hydrogen-bond acceptors (Lipinski definition) is 10. The summed E-state index contributed by atoms with van der Waals surface area (Å²) in [4.78, 5) is 8.28. The van der Waals surface area contributed by atoms with Crippen molar-refractivity contribution in [1.29, 1.82) is 0 Å². The highest BCUT2D eigenvalue weighted by molar-refractivity contribution is 7.91. The van der Waals surface area contributed by atoms with Gasteiger partial charge in [0.25, 0.3) is 0 Å². The molecule has 1 aromatic carbocycles. The molecule has 0 N–H and O–H groups in total. The predicted molar refractivity (Wildman–Crippen MR) is 138 cm³/mol. The molecular formula is C24H32ClN5O6S. The van der Waals surface area contributed by atoms with E-state index >= 15 is 0 Å². The van der Waals surface area contributed by atoms with Gasteiger partial charge in [0.2, 0.25) is 0 Å². The first-order chi connectivity index (χ1) is 17.7. The minimum absolute atomic E-state index is 0.0289. The average molecular weight is 554 g/mol. The van der Waals surface area contributed by atoms with E-state index < -0.39 is 26.9 Å². The second kappa shape index (κ2) is 12.6. The molecule has 13 heteroatoms. The molecule has 3 rings (SSSR count). The van der Waals surface area contributed by atoms with Gasteiger partial charge in [-0.15, -0.1) is 10.2 Å². The van der Waals surface area contributed by atoms with Crippen LogP contribution in [-0.4, -0.2) is 65.8 Å². The van der Waals surface area contributed by atoms with Crippen LogP contribution in [0.1, 0.15) is 50.8 Å². The molecule has 202 valence electrons. The van der Waals surface area contributed by atoms with Gasteiger partial charge in [-0.1, -0.05) is 24.6 Å². The van der Waals surface area contributed by atoms with Crippen LogP contribution in [0.3, 0.4) is 0 Å². The van der Waals surface area contributed by atoms with Gasteiger partial charge in [-0.2, -0.15) is 0 Å². The van der Waals surface area contributed by atoms with Gasteiger partial charge in [-0.05, 0) is 32.4 Å². The van der Waals surface area contributed by atoms with Crippen LogP contribution in [0.25, 0.3) is 5.69 Å². The molecule has 2 aromatic heterocycles. The van der Waals surface area contributed by atoms with Crippen LogP contribution in [0, 0.1) is 0 Å². The zero-order valence-electron chi connectivity index (χ0n) is 21.7. The lowest BCUT2D eigenvalue weighted by Crippen LogP contribution is -2.30. The van der Waals surface area contributed by atoms with Gasteiger partial charge < -0.3 is 18.9 Å². The number of halogens is 1. The SMILES string of the molecule is CC[C@@H](C)OCc1nnc(CS(=O)(=O)[C@@H](C)[C@H](OC)c2ncc(Cl)cn2)n1-c1c(OC)cccc1OC. The maximum Gasteiger partial charge on any atom is 0.163 e. The maximum absolute atomic E-state index is 13.6. The number of aromatic nitrogens is 5. The molecule has 0 bridgehead atoms. The summed E-state index contributed by atoms with van der Waals surface area (Å²) in [7, 11) is 0.584. The fraction of sp³-hybridized carbons (Fsp3) is 0.500. The highest BCUT2D eigenvalue weighted by Crippen LogP contribution is 2.35. The van der Waals surface area contributed by atoms with Gasteiger partial charge in [0.15, 0.2) is 27.3 Å². The topological polar surface area (TPSA) is 128 Å². The van der Waals surface area contributed by atoms with Gasteiger partial charge in [0, 0.05) is 19.5 Å². The molecule has 0 aliphatic heterocycles. The molecule has 0 saturated heterocycles. The largest absolute Gasteiger partial charge is 0.494 e. The Morgan fingerprint density at radius 3 is 2.14 bits per heavy atom. The van der Waals surface area contributed by atoms with E-state index in [4.69, 9.17) is 30.5 Å². The molecule has 0 fully saturated rings. The number of ether oxygens (including phenoxy) is 4. The molecule has 0 amide bonds. The van der Waals surface area contributed by atoms with E-state index in [0.29, 0.717) is 28.0 Å². The molecule has 11 nitrogen and oxygen atoms in total. The number of methoxy groups -OCH3 is 3. The van der Waals surface area contributed by atoms with Gasteiger partial charge in [-0.3, -0.25) is 4.57 Å². The number of nitrogens with zero attached hydrogens (tertiary/aromatic N) is 5. The van der Waals surface area contributed by atoms with E-state index in [2.05, 4.69) is 20.2 Å². The Bertz CT molecular complexity index is 1260. The lowest BCUT2D eigenvalue weighted by Gasteiger charge is -2.22. The number of rotatable bonds is 13. The highest BCUT2D eigenvalue weighted by Gasteiger charge is 2.35. The molecule has 0 radical (unpaired) electrons. The number of hydrogen-bond donors (Lipinski definition) is 0. The molecule has 2 heterocycles. The van der Waals surface area contributed by atoms with E-state index in [1.54, 1.807) is 29.7 Å². The first-order valence-corrected chi connectivity index (χ1v) is 13.7. The molecule has 0 saturated carbocycles. The smallest absolute Gasteiger partial charge is 0.163 e. The van der Waals surface area contributed by atoms with E-state index in [1.165, 1.54) is 33.7 Å². The Morgan fingerprint density at radius 2 is 1.59 bits per heavy atom. The summed E-state index contributed by atoms with van der Waals surface area (Å²) in [6.45, 7) is 5.60. The summed E-state index contributed by atoms with van der Waals surface area (Å²) in [6.07, 6.45) is 2.63. The van der Waals surface area contributed by atoms with Crippen LogP contribution in [0.5, 0.6) is 11.5 Å². The van der Waals surface area contributed by atoms with Crippen LogP contribution in [0.4, 0.5) is 0 Å². The van der Waals surface area contributed by atoms with Crippen LogP contribution in [-0.2, 0) is 31.7 Å². The standard InChI is InChI=1S/C24H32ClN5O6S/c1-7-15(2)36-13-20-28-29-21(30(20)22-18(33-4)9-8-10-19(22)34-5)14-37(31,32)16(3)23(35-6)24-26-11-17(25)12-27-24/h8-12,15-16,23H,7,13-14H2,1-6H3/t15-,16+,23+/m1/s1. The van der Waals surface area contributed by atoms with Gasteiger partial charge >= 0.3 is 0 Å². The lowest BCUT2D eigenvalue weighted by atomic mass is 10.2. The van der Waals surface area contributed by atoms with E-state index in [1.807, 2.05) is 13.8 Å². The zero-order valence-corrected chi connectivity index (χ0v) is 23.3. The Morgan fingerprint density at radius 1 is 1.00 bits per heavy atom. The van der Waals surface area contributed by atoms with Gasteiger partial charge in [0.05, 0.1) is 30.6 Å². The summed E-state index contributed by atoms with van der Waals surface area (Å²) in [6, 6.07) is 5.27. The van der Waals surface area contributed by atoms with Crippen molar-refractivity contribution in [3.05, 3.63) is 53.1 Å². The van der Waals surface area contributed by atoms with E-state index in [0.717, 1.165) is 6.42 Å². The lowest BCUT2D eigenvalue weighted by molar-refractivity contribution is 0.0458. The van der Waals surface area contributed by atoms with Crippen molar-refractivity contribution in [2.75, 3.05) is 21.3 Å². The second-order valence-corrected chi connectivity index (χ2v) is 11.1. The minimum Gasteiger partial charge on any atom is -0.494 e. The second-order valence-electron chi connectivity index (χ2n) is 8.34. The third-order valence-corrected chi connectivity index (χ3v) is 8.20. The highest BCUT2D eigenvalue weighted by atomic mass is 35.5. The van der Waals surface area contributed by atoms with Crippen LogP contribution >= 0.6 is 11.6 Å². The summed E-state index contributed by atoms with van der Waals surface area (Å²) >= 11 is 5.89. The monoisotopic (exact) mass is 553 g/mol.